The monoisotopic (exact) mass is 226 g/mol. The Bertz CT molecular complexity index is 285. The van der Waals surface area contributed by atoms with Crippen molar-refractivity contribution in [3.05, 3.63) is 0 Å². The summed E-state index contributed by atoms with van der Waals surface area (Å²) in [7, 11) is 0. The van der Waals surface area contributed by atoms with Crippen LogP contribution in [0.25, 0.3) is 0 Å². The van der Waals surface area contributed by atoms with E-state index in [9.17, 15) is 4.79 Å². The fourth-order valence-corrected chi connectivity index (χ4v) is 2.97. The number of carbonyl (C=O) groups excluding carboxylic acids is 1. The third-order valence-corrected chi connectivity index (χ3v) is 3.57. The highest BCUT2D eigenvalue weighted by Gasteiger charge is 2.49. The largest absolute Gasteiger partial charge is 0.444 e. The van der Waals surface area contributed by atoms with Crippen LogP contribution in [-0.2, 0) is 4.74 Å². The summed E-state index contributed by atoms with van der Waals surface area (Å²) in [6.45, 7) is 6.40. The van der Waals surface area contributed by atoms with Gasteiger partial charge in [0.25, 0.3) is 0 Å². The zero-order chi connectivity index (χ0) is 11.9. The van der Waals surface area contributed by atoms with Crippen molar-refractivity contribution in [3.8, 4) is 0 Å². The fraction of sp³-hybridized carbons (Fsp3) is 0.917. The molecule has 4 heteroatoms. The maximum atomic E-state index is 12.0. The molecule has 1 amide bonds. The molecule has 16 heavy (non-hydrogen) atoms. The second-order valence-corrected chi connectivity index (χ2v) is 5.92. The minimum absolute atomic E-state index is 0.157. The average Bonchev–Trinajstić information content (AvgIpc) is 2.70. The molecule has 0 spiro atoms. The lowest BCUT2D eigenvalue weighted by Gasteiger charge is -2.28. The predicted octanol–water partition coefficient (Wildman–Crippen LogP) is 1.73. The Morgan fingerprint density at radius 1 is 1.44 bits per heavy atom. The molecule has 0 aliphatic carbocycles. The van der Waals surface area contributed by atoms with Crippen LogP contribution in [0, 0.1) is 5.92 Å². The van der Waals surface area contributed by atoms with E-state index in [0.717, 1.165) is 19.3 Å². The van der Waals surface area contributed by atoms with Crippen LogP contribution in [0.1, 0.15) is 40.0 Å². The van der Waals surface area contributed by atoms with Crippen LogP contribution in [0.4, 0.5) is 4.79 Å². The summed E-state index contributed by atoms with van der Waals surface area (Å²) in [6, 6.07) is 0.693. The molecule has 2 aliphatic rings. The van der Waals surface area contributed by atoms with E-state index in [1.807, 2.05) is 25.7 Å². The first-order chi connectivity index (χ1) is 7.42. The van der Waals surface area contributed by atoms with Gasteiger partial charge in [0.15, 0.2) is 0 Å². The molecule has 2 aliphatic heterocycles. The second-order valence-electron chi connectivity index (χ2n) is 5.92. The smallest absolute Gasteiger partial charge is 0.410 e. The van der Waals surface area contributed by atoms with Crippen molar-refractivity contribution in [2.24, 2.45) is 11.7 Å². The van der Waals surface area contributed by atoms with Crippen LogP contribution in [0.2, 0.25) is 0 Å². The SMILES string of the molecule is CC(C)(C)OC(=O)N1C2CCC1C(CN)C2. The molecular formula is C12H22N2O2. The maximum absolute atomic E-state index is 12.0. The third kappa shape index (κ3) is 2.03. The number of nitrogens with two attached hydrogens (primary N) is 1. The van der Waals surface area contributed by atoms with Gasteiger partial charge in [0, 0.05) is 12.1 Å². The zero-order valence-corrected chi connectivity index (χ0v) is 10.4. The topological polar surface area (TPSA) is 55.6 Å². The number of nitrogens with zero attached hydrogens (tertiary/aromatic N) is 1. The van der Waals surface area contributed by atoms with Crippen LogP contribution >= 0.6 is 0 Å². The molecule has 2 bridgehead atoms. The minimum Gasteiger partial charge on any atom is -0.444 e. The number of amides is 1. The summed E-state index contributed by atoms with van der Waals surface area (Å²) >= 11 is 0. The van der Waals surface area contributed by atoms with Gasteiger partial charge in [0.1, 0.15) is 5.60 Å². The lowest BCUT2D eigenvalue weighted by molar-refractivity contribution is 0.0206. The van der Waals surface area contributed by atoms with Crippen molar-refractivity contribution < 1.29 is 9.53 Å². The Balaban J connectivity index is 2.03. The van der Waals surface area contributed by atoms with Gasteiger partial charge < -0.3 is 15.4 Å². The van der Waals surface area contributed by atoms with Gasteiger partial charge >= 0.3 is 6.09 Å². The molecule has 2 heterocycles. The lowest BCUT2D eigenvalue weighted by Crippen LogP contribution is -2.41. The molecule has 0 aromatic rings. The Hall–Kier alpha value is -0.770. The van der Waals surface area contributed by atoms with Gasteiger partial charge in [-0.2, -0.15) is 0 Å². The Morgan fingerprint density at radius 2 is 2.12 bits per heavy atom. The van der Waals surface area contributed by atoms with Gasteiger partial charge in [-0.3, -0.25) is 0 Å². The van der Waals surface area contributed by atoms with Crippen LogP contribution < -0.4 is 5.73 Å². The molecule has 3 atom stereocenters. The van der Waals surface area contributed by atoms with Crippen LogP contribution in [0.3, 0.4) is 0 Å². The molecule has 2 rings (SSSR count). The number of carbonyl (C=O) groups is 1. The highest BCUT2D eigenvalue weighted by atomic mass is 16.6. The van der Waals surface area contributed by atoms with Crippen molar-refractivity contribution in [1.29, 1.82) is 0 Å². The first kappa shape index (κ1) is 11.7. The lowest BCUT2D eigenvalue weighted by atomic mass is 9.89. The van der Waals surface area contributed by atoms with Gasteiger partial charge in [-0.15, -0.1) is 0 Å². The van der Waals surface area contributed by atoms with Crippen molar-refractivity contribution in [3.63, 3.8) is 0 Å². The van der Waals surface area contributed by atoms with Gasteiger partial charge in [-0.05, 0) is 52.5 Å². The molecule has 0 aromatic carbocycles. The maximum Gasteiger partial charge on any atom is 0.410 e. The molecule has 4 nitrogen and oxygen atoms in total. The average molecular weight is 226 g/mol. The van der Waals surface area contributed by atoms with E-state index in [4.69, 9.17) is 10.5 Å². The summed E-state index contributed by atoms with van der Waals surface area (Å²) in [5.74, 6) is 0.478. The van der Waals surface area contributed by atoms with Gasteiger partial charge in [-0.25, -0.2) is 4.79 Å². The van der Waals surface area contributed by atoms with Crippen LogP contribution in [0.5, 0.6) is 0 Å². The van der Waals surface area contributed by atoms with Crippen molar-refractivity contribution >= 4 is 6.09 Å². The minimum atomic E-state index is -0.405. The second kappa shape index (κ2) is 3.91. The van der Waals surface area contributed by atoms with E-state index in [2.05, 4.69) is 0 Å². The van der Waals surface area contributed by atoms with Crippen molar-refractivity contribution in [1.82, 2.24) is 4.90 Å². The Morgan fingerprint density at radius 3 is 2.62 bits per heavy atom. The van der Waals surface area contributed by atoms with E-state index >= 15 is 0 Å². The highest BCUT2D eigenvalue weighted by Crippen LogP contribution is 2.41. The molecule has 0 radical (unpaired) electrons. The first-order valence-corrected chi connectivity index (χ1v) is 6.14. The Kier molecular flexibility index (Phi) is 2.86. The van der Waals surface area contributed by atoms with Gasteiger partial charge in [-0.1, -0.05) is 0 Å². The zero-order valence-electron chi connectivity index (χ0n) is 10.4. The number of hydrogen-bond donors (Lipinski definition) is 1. The fourth-order valence-electron chi connectivity index (χ4n) is 2.97. The van der Waals surface area contributed by atoms with Gasteiger partial charge in [0.05, 0.1) is 0 Å². The Labute approximate surface area is 97.1 Å². The molecule has 92 valence electrons. The molecule has 2 saturated heterocycles. The molecule has 2 N–H and O–H groups in total. The molecule has 0 aromatic heterocycles. The van der Waals surface area contributed by atoms with Crippen molar-refractivity contribution in [2.45, 2.75) is 57.7 Å². The number of hydrogen-bond acceptors (Lipinski definition) is 3. The number of ether oxygens (including phenoxy) is 1. The number of rotatable bonds is 1. The normalized spacial score (nSPS) is 33.2. The summed E-state index contributed by atoms with van der Waals surface area (Å²) < 4.78 is 5.44. The third-order valence-electron chi connectivity index (χ3n) is 3.57. The number of fused-ring (bicyclic) bond motifs is 2. The summed E-state index contributed by atoms with van der Waals surface area (Å²) in [6.07, 6.45) is 3.10. The van der Waals surface area contributed by atoms with E-state index in [0.29, 0.717) is 24.5 Å². The standard InChI is InChI=1S/C12H22N2O2/c1-12(2,3)16-11(15)14-9-4-5-10(14)8(6-9)7-13/h8-10H,4-7,13H2,1-3H3. The summed E-state index contributed by atoms with van der Waals surface area (Å²) in [5, 5.41) is 0. The van der Waals surface area contributed by atoms with Crippen LogP contribution in [-0.4, -0.2) is 35.2 Å². The van der Waals surface area contributed by atoms with E-state index < -0.39 is 5.60 Å². The van der Waals surface area contributed by atoms with E-state index in [1.54, 1.807) is 0 Å². The highest BCUT2D eigenvalue weighted by molar-refractivity contribution is 5.70. The molecule has 3 unspecified atom stereocenters. The van der Waals surface area contributed by atoms with Gasteiger partial charge in [0.2, 0.25) is 0 Å². The molecule has 0 saturated carbocycles. The molecular weight excluding hydrogens is 204 g/mol. The molecule has 2 fully saturated rings. The predicted molar refractivity (Wildman–Crippen MR) is 62.0 cm³/mol. The van der Waals surface area contributed by atoms with E-state index in [-0.39, 0.29) is 6.09 Å². The first-order valence-electron chi connectivity index (χ1n) is 6.14. The van der Waals surface area contributed by atoms with E-state index in [1.165, 1.54) is 0 Å². The van der Waals surface area contributed by atoms with Crippen LogP contribution in [0.15, 0.2) is 0 Å². The summed E-state index contributed by atoms with van der Waals surface area (Å²) in [4.78, 5) is 14.0. The quantitative estimate of drug-likeness (QED) is 0.741. The van der Waals surface area contributed by atoms with Crippen molar-refractivity contribution in [2.75, 3.05) is 6.54 Å². The summed E-state index contributed by atoms with van der Waals surface area (Å²) in [5.41, 5.74) is 5.33.